The van der Waals surface area contributed by atoms with E-state index in [2.05, 4.69) is 32.2 Å². The number of esters is 1. The van der Waals surface area contributed by atoms with Crippen molar-refractivity contribution in [2.75, 3.05) is 6.54 Å². The molecule has 3 saturated carbocycles. The first-order chi connectivity index (χ1) is 17.4. The summed E-state index contributed by atoms with van der Waals surface area (Å²) in [6.45, 7) is 12.3. The first kappa shape index (κ1) is 28.0. The van der Waals surface area contributed by atoms with Crippen molar-refractivity contribution in [1.29, 1.82) is 0 Å². The summed E-state index contributed by atoms with van der Waals surface area (Å²) < 4.78 is 5.57. The fourth-order valence-electron chi connectivity index (χ4n) is 8.86. The molecule has 206 valence electrons. The summed E-state index contributed by atoms with van der Waals surface area (Å²) in [6, 6.07) is 0. The fraction of sp³-hybridized carbons (Fsp3) is 0.806. The van der Waals surface area contributed by atoms with Crippen molar-refractivity contribution < 1.29 is 23.9 Å². The van der Waals surface area contributed by atoms with Gasteiger partial charge in [0.2, 0.25) is 5.91 Å². The SMILES string of the molecule is CC(=O)NC[C@H](C)CCC(=O)[C@@H](C)[C@H]1C(=O)C[C@H]2[C@@H]3CC=C4C[C@@H](OC(C)=O)CC[C@]4(C)[C@H]3CC[C@]12C. The smallest absolute Gasteiger partial charge is 0.302 e. The largest absolute Gasteiger partial charge is 0.462 e. The molecule has 0 heterocycles. The van der Waals surface area contributed by atoms with Crippen LogP contribution in [0.15, 0.2) is 11.6 Å². The van der Waals surface area contributed by atoms with Crippen molar-refractivity contribution in [1.82, 2.24) is 5.32 Å². The second-order valence-electron chi connectivity index (χ2n) is 13.3. The summed E-state index contributed by atoms with van der Waals surface area (Å²) in [6.07, 6.45) is 10.1. The average Bonchev–Trinajstić information content (AvgIpc) is 3.10. The van der Waals surface area contributed by atoms with E-state index in [1.54, 1.807) is 0 Å². The first-order valence-corrected chi connectivity index (χ1v) is 14.5. The minimum absolute atomic E-state index is 0.00695. The Kier molecular flexibility index (Phi) is 8.07. The number of Topliss-reactive ketones (excluding diaryl/α,β-unsaturated/α-hetero) is 2. The Morgan fingerprint density at radius 2 is 1.81 bits per heavy atom. The highest BCUT2D eigenvalue weighted by Gasteiger charge is 2.62. The van der Waals surface area contributed by atoms with Gasteiger partial charge in [-0.25, -0.2) is 0 Å². The number of carbonyl (C=O) groups is 4. The number of amides is 1. The number of allylic oxidation sites excluding steroid dienone is 1. The van der Waals surface area contributed by atoms with E-state index in [4.69, 9.17) is 4.74 Å². The van der Waals surface area contributed by atoms with Crippen molar-refractivity contribution in [2.45, 2.75) is 105 Å². The Morgan fingerprint density at radius 3 is 2.49 bits per heavy atom. The van der Waals surface area contributed by atoms with E-state index in [-0.39, 0.29) is 52.3 Å². The molecule has 9 atom stereocenters. The fourth-order valence-corrected chi connectivity index (χ4v) is 8.86. The summed E-state index contributed by atoms with van der Waals surface area (Å²) in [5.41, 5.74) is 1.45. The molecule has 4 aliphatic rings. The number of hydrogen-bond donors (Lipinski definition) is 1. The molecule has 4 aliphatic carbocycles. The highest BCUT2D eigenvalue weighted by molar-refractivity contribution is 5.92. The quantitative estimate of drug-likeness (QED) is 0.345. The summed E-state index contributed by atoms with van der Waals surface area (Å²) in [7, 11) is 0. The number of ether oxygens (including phenoxy) is 1. The molecule has 0 saturated heterocycles. The van der Waals surface area contributed by atoms with Gasteiger partial charge in [0.15, 0.2) is 0 Å². The monoisotopic (exact) mass is 513 g/mol. The molecule has 0 aromatic carbocycles. The van der Waals surface area contributed by atoms with Crippen LogP contribution in [0.1, 0.15) is 99.3 Å². The van der Waals surface area contributed by atoms with E-state index in [1.807, 2.05) is 6.92 Å². The molecule has 0 unspecified atom stereocenters. The van der Waals surface area contributed by atoms with E-state index in [0.717, 1.165) is 44.9 Å². The van der Waals surface area contributed by atoms with Crippen LogP contribution in [0.3, 0.4) is 0 Å². The Labute approximate surface area is 222 Å². The maximum absolute atomic E-state index is 13.5. The Balaban J connectivity index is 1.45. The minimum atomic E-state index is -0.253. The molecular weight excluding hydrogens is 466 g/mol. The van der Waals surface area contributed by atoms with Crippen LogP contribution in [0.2, 0.25) is 0 Å². The van der Waals surface area contributed by atoms with Gasteiger partial charge in [-0.1, -0.05) is 39.3 Å². The third kappa shape index (κ3) is 5.31. The van der Waals surface area contributed by atoms with Gasteiger partial charge in [0.25, 0.3) is 0 Å². The van der Waals surface area contributed by atoms with Gasteiger partial charge >= 0.3 is 5.97 Å². The third-order valence-corrected chi connectivity index (χ3v) is 10.9. The molecule has 6 heteroatoms. The number of rotatable bonds is 8. The molecule has 0 aromatic heterocycles. The van der Waals surface area contributed by atoms with Crippen LogP contribution in [0.4, 0.5) is 0 Å². The summed E-state index contributed by atoms with van der Waals surface area (Å²) >= 11 is 0. The second kappa shape index (κ2) is 10.6. The maximum atomic E-state index is 13.5. The predicted molar refractivity (Wildman–Crippen MR) is 142 cm³/mol. The summed E-state index contributed by atoms with van der Waals surface area (Å²) in [5, 5.41) is 2.83. The van der Waals surface area contributed by atoms with Crippen LogP contribution in [0, 0.1) is 46.3 Å². The molecule has 37 heavy (non-hydrogen) atoms. The van der Waals surface area contributed by atoms with Crippen molar-refractivity contribution in [3.05, 3.63) is 11.6 Å². The zero-order valence-electron chi connectivity index (χ0n) is 23.7. The summed E-state index contributed by atoms with van der Waals surface area (Å²) in [5.74, 6) is 1.40. The van der Waals surface area contributed by atoms with Crippen LogP contribution in [0.25, 0.3) is 0 Å². The molecule has 0 aromatic rings. The number of ketones is 2. The number of nitrogens with one attached hydrogen (secondary N) is 1. The van der Waals surface area contributed by atoms with E-state index in [1.165, 1.54) is 19.4 Å². The molecule has 0 aliphatic heterocycles. The lowest BCUT2D eigenvalue weighted by molar-refractivity contribution is -0.148. The minimum Gasteiger partial charge on any atom is -0.462 e. The van der Waals surface area contributed by atoms with Gasteiger partial charge in [-0.05, 0) is 73.0 Å². The third-order valence-electron chi connectivity index (χ3n) is 10.9. The van der Waals surface area contributed by atoms with Crippen LogP contribution >= 0.6 is 0 Å². The molecule has 1 N–H and O–H groups in total. The molecule has 1 amide bonds. The second-order valence-corrected chi connectivity index (χ2v) is 13.3. The highest BCUT2D eigenvalue weighted by Crippen LogP contribution is 2.66. The van der Waals surface area contributed by atoms with Gasteiger partial charge in [0, 0.05) is 51.5 Å². The van der Waals surface area contributed by atoms with E-state index in [0.29, 0.717) is 42.9 Å². The highest BCUT2D eigenvalue weighted by atomic mass is 16.5. The standard InChI is InChI=1S/C31H47NO5/c1-18(17-32-20(3)33)7-10-27(35)19(2)29-28(36)16-26-24-9-8-22-15-23(37-21(4)34)11-13-30(22,5)25(24)12-14-31(26,29)6/h8,18-19,23-26,29H,7,9-17H2,1-6H3,(H,32,33)/t18-,19-,23+,24-,25+,26+,29+,30+,31+/m1/s1. The molecule has 0 bridgehead atoms. The lowest BCUT2D eigenvalue weighted by Crippen LogP contribution is -2.51. The van der Waals surface area contributed by atoms with Gasteiger partial charge < -0.3 is 10.1 Å². The van der Waals surface area contributed by atoms with Gasteiger partial charge in [-0.2, -0.15) is 0 Å². The zero-order chi connectivity index (χ0) is 27.1. The maximum Gasteiger partial charge on any atom is 0.302 e. The Morgan fingerprint density at radius 1 is 1.08 bits per heavy atom. The van der Waals surface area contributed by atoms with Crippen LogP contribution in [-0.4, -0.2) is 36.1 Å². The van der Waals surface area contributed by atoms with Gasteiger partial charge in [0.1, 0.15) is 17.7 Å². The van der Waals surface area contributed by atoms with Crippen LogP contribution in [-0.2, 0) is 23.9 Å². The predicted octanol–water partition coefficient (Wildman–Crippen LogP) is 5.43. The van der Waals surface area contributed by atoms with Crippen LogP contribution in [0.5, 0.6) is 0 Å². The number of carbonyl (C=O) groups excluding carboxylic acids is 4. The zero-order valence-corrected chi connectivity index (χ0v) is 23.7. The van der Waals surface area contributed by atoms with E-state index < -0.39 is 0 Å². The molecule has 0 radical (unpaired) electrons. The normalized spacial score (nSPS) is 38.4. The van der Waals surface area contributed by atoms with Crippen molar-refractivity contribution in [3.8, 4) is 0 Å². The lowest BCUT2D eigenvalue weighted by Gasteiger charge is -2.58. The first-order valence-electron chi connectivity index (χ1n) is 14.5. The van der Waals surface area contributed by atoms with E-state index in [9.17, 15) is 19.2 Å². The average molecular weight is 514 g/mol. The van der Waals surface area contributed by atoms with E-state index >= 15 is 0 Å². The Hall–Kier alpha value is -1.98. The molecular formula is C31H47NO5. The molecule has 3 fully saturated rings. The van der Waals surface area contributed by atoms with Gasteiger partial charge in [-0.3, -0.25) is 19.2 Å². The van der Waals surface area contributed by atoms with Crippen LogP contribution < -0.4 is 5.32 Å². The van der Waals surface area contributed by atoms with Gasteiger partial charge in [0.05, 0.1) is 0 Å². The van der Waals surface area contributed by atoms with Crippen molar-refractivity contribution >= 4 is 23.4 Å². The molecule has 0 spiro atoms. The summed E-state index contributed by atoms with van der Waals surface area (Å²) in [4.78, 5) is 49.5. The number of hydrogen-bond acceptors (Lipinski definition) is 5. The lowest BCUT2D eigenvalue weighted by atomic mass is 9.47. The van der Waals surface area contributed by atoms with Crippen molar-refractivity contribution in [2.24, 2.45) is 46.3 Å². The van der Waals surface area contributed by atoms with Crippen molar-refractivity contribution in [3.63, 3.8) is 0 Å². The van der Waals surface area contributed by atoms with Gasteiger partial charge in [-0.15, -0.1) is 0 Å². The molecule has 4 rings (SSSR count). The topological polar surface area (TPSA) is 89.5 Å². The molecule has 6 nitrogen and oxygen atoms in total. The Bertz CT molecular complexity index is 971. The number of fused-ring (bicyclic) bond motifs is 5.